The summed E-state index contributed by atoms with van der Waals surface area (Å²) in [6.07, 6.45) is -9.16. The summed E-state index contributed by atoms with van der Waals surface area (Å²) in [5.74, 6) is -0.490. The number of nitrogens with one attached hydrogen (secondary N) is 3. The summed E-state index contributed by atoms with van der Waals surface area (Å²) in [6.45, 7) is 0. The molecule has 4 nitrogen and oxygen atoms in total. The molecule has 3 N–H and O–H groups in total. The molecule has 0 unspecified atom stereocenters. The van der Waals surface area contributed by atoms with Gasteiger partial charge in [-0.05, 0) is 36.4 Å². The van der Waals surface area contributed by atoms with Crippen LogP contribution in [0.2, 0.25) is 0 Å². The molecule has 0 radical (unpaired) electrons. The minimum Gasteiger partial charge on any atom is -0.495 e. The molecule has 2 aromatic carbocycles. The summed E-state index contributed by atoms with van der Waals surface area (Å²) in [5, 5.41) is 12.4. The number of hydrogen-bond acceptors (Lipinski definition) is 2. The van der Waals surface area contributed by atoms with E-state index in [1.165, 1.54) is 13.2 Å². The molecule has 26 heavy (non-hydrogen) atoms. The first-order valence-corrected chi connectivity index (χ1v) is 7.06. The maximum absolute atomic E-state index is 12.8. The lowest BCUT2D eigenvalue weighted by Gasteiger charge is -2.16. The van der Waals surface area contributed by atoms with Gasteiger partial charge in [-0.3, -0.25) is 5.41 Å². The minimum absolute atomic E-state index is 0.0357. The summed E-state index contributed by atoms with van der Waals surface area (Å²) in [5.41, 5.74) is -2.10. The molecule has 0 heterocycles. The van der Waals surface area contributed by atoms with Gasteiger partial charge in [0.05, 0.1) is 23.9 Å². The van der Waals surface area contributed by atoms with E-state index in [9.17, 15) is 26.3 Å². The largest absolute Gasteiger partial charge is 0.495 e. The molecule has 0 atom stereocenters. The summed E-state index contributed by atoms with van der Waals surface area (Å²) in [6, 6.07) is 6.69. The highest BCUT2D eigenvalue weighted by molar-refractivity contribution is 6.02. The smallest absolute Gasteiger partial charge is 0.416 e. The topological polar surface area (TPSA) is 57.1 Å². The van der Waals surface area contributed by atoms with Crippen molar-refractivity contribution >= 4 is 17.3 Å². The van der Waals surface area contributed by atoms with Crippen molar-refractivity contribution < 1.29 is 31.1 Å². The first-order valence-electron chi connectivity index (χ1n) is 7.06. The fourth-order valence-electron chi connectivity index (χ4n) is 2.07. The maximum Gasteiger partial charge on any atom is 0.416 e. The molecule has 0 fully saturated rings. The van der Waals surface area contributed by atoms with Crippen LogP contribution in [0.25, 0.3) is 0 Å². The van der Waals surface area contributed by atoms with Crippen LogP contribution in [0.3, 0.4) is 0 Å². The van der Waals surface area contributed by atoms with Gasteiger partial charge in [-0.2, -0.15) is 26.3 Å². The molecule has 0 aliphatic carbocycles. The van der Waals surface area contributed by atoms with Crippen LogP contribution in [0, 0.1) is 5.41 Å². The average molecular weight is 377 g/mol. The zero-order valence-electron chi connectivity index (χ0n) is 13.2. The fraction of sp³-hybridized carbons (Fsp3) is 0.188. The van der Waals surface area contributed by atoms with Gasteiger partial charge in [0.25, 0.3) is 0 Å². The van der Waals surface area contributed by atoms with Crippen molar-refractivity contribution in [1.29, 1.82) is 5.41 Å². The minimum atomic E-state index is -4.60. The number of anilines is 2. The monoisotopic (exact) mass is 377 g/mol. The lowest BCUT2D eigenvalue weighted by atomic mass is 10.1. The van der Waals surface area contributed by atoms with Crippen LogP contribution in [0.4, 0.5) is 37.7 Å². The first kappa shape index (κ1) is 19.4. The van der Waals surface area contributed by atoms with Crippen LogP contribution in [-0.4, -0.2) is 13.1 Å². The van der Waals surface area contributed by atoms with E-state index < -0.39 is 29.4 Å². The summed E-state index contributed by atoms with van der Waals surface area (Å²) in [7, 11) is 1.23. The number of halogens is 6. The molecule has 0 amide bonds. The standard InChI is InChI=1S/C16H13F6N3O/c1-26-13-6-5-10(16(20,21)22)8-12(13)25-14(23)24-11-4-2-3-9(7-11)15(17,18)19/h2-8H,1H3,(H3,23,24,25). The number of methoxy groups -OCH3 is 1. The molecule has 0 bridgehead atoms. The molecule has 10 heteroatoms. The maximum atomic E-state index is 12.8. The summed E-state index contributed by atoms with van der Waals surface area (Å²) in [4.78, 5) is 0. The van der Waals surface area contributed by atoms with Crippen LogP contribution < -0.4 is 15.4 Å². The Morgan fingerprint density at radius 2 is 1.50 bits per heavy atom. The SMILES string of the molecule is COc1ccc(C(F)(F)F)cc1NC(=N)Nc1cccc(C(F)(F)F)c1. The molecule has 0 saturated carbocycles. The Balaban J connectivity index is 2.20. The second-order valence-corrected chi connectivity index (χ2v) is 5.12. The molecular formula is C16H13F6N3O. The molecular weight excluding hydrogens is 364 g/mol. The van der Waals surface area contributed by atoms with Crippen LogP contribution in [0.5, 0.6) is 5.75 Å². The van der Waals surface area contributed by atoms with Crippen LogP contribution in [-0.2, 0) is 12.4 Å². The van der Waals surface area contributed by atoms with Gasteiger partial charge < -0.3 is 15.4 Å². The van der Waals surface area contributed by atoms with Crippen LogP contribution in [0.1, 0.15) is 11.1 Å². The van der Waals surface area contributed by atoms with Crippen molar-refractivity contribution in [1.82, 2.24) is 0 Å². The van der Waals surface area contributed by atoms with Gasteiger partial charge >= 0.3 is 12.4 Å². The zero-order valence-corrected chi connectivity index (χ0v) is 13.2. The lowest BCUT2D eigenvalue weighted by molar-refractivity contribution is -0.138. The Morgan fingerprint density at radius 3 is 2.08 bits per heavy atom. The van der Waals surface area contributed by atoms with E-state index in [0.29, 0.717) is 0 Å². The molecule has 2 aromatic rings. The Bertz CT molecular complexity index is 801. The van der Waals surface area contributed by atoms with Crippen molar-refractivity contribution in [3.8, 4) is 5.75 Å². The molecule has 0 aliphatic heterocycles. The van der Waals surface area contributed by atoms with E-state index in [2.05, 4.69) is 10.6 Å². The van der Waals surface area contributed by atoms with Gasteiger partial charge in [0.1, 0.15) is 5.75 Å². The number of alkyl halides is 6. The Labute approximate surface area is 144 Å². The molecule has 2 rings (SSSR count). The number of hydrogen-bond donors (Lipinski definition) is 3. The molecule has 0 saturated heterocycles. The predicted molar refractivity (Wildman–Crippen MR) is 84.4 cm³/mol. The second kappa shape index (κ2) is 7.14. The highest BCUT2D eigenvalue weighted by Crippen LogP contribution is 2.35. The van der Waals surface area contributed by atoms with Crippen molar-refractivity contribution in [2.24, 2.45) is 0 Å². The highest BCUT2D eigenvalue weighted by atomic mass is 19.4. The number of rotatable bonds is 3. The van der Waals surface area contributed by atoms with Crippen molar-refractivity contribution in [3.05, 3.63) is 53.6 Å². The molecule has 0 spiro atoms. The first-order chi connectivity index (χ1) is 12.0. The van der Waals surface area contributed by atoms with E-state index in [1.54, 1.807) is 0 Å². The number of ether oxygens (including phenoxy) is 1. The summed E-state index contributed by atoms with van der Waals surface area (Å²) >= 11 is 0. The summed E-state index contributed by atoms with van der Waals surface area (Å²) < 4.78 is 81.4. The van der Waals surface area contributed by atoms with E-state index in [1.807, 2.05) is 0 Å². The van der Waals surface area contributed by atoms with Gasteiger partial charge in [0.2, 0.25) is 0 Å². The highest BCUT2D eigenvalue weighted by Gasteiger charge is 2.32. The quantitative estimate of drug-likeness (QED) is 0.392. The van der Waals surface area contributed by atoms with Gasteiger partial charge in [-0.15, -0.1) is 0 Å². The van der Waals surface area contributed by atoms with Gasteiger partial charge in [0.15, 0.2) is 5.96 Å². The van der Waals surface area contributed by atoms with Crippen molar-refractivity contribution in [2.45, 2.75) is 12.4 Å². The third-order valence-corrected chi connectivity index (χ3v) is 3.25. The Hall–Kier alpha value is -2.91. The van der Waals surface area contributed by atoms with Gasteiger partial charge in [-0.25, -0.2) is 0 Å². The van der Waals surface area contributed by atoms with Crippen molar-refractivity contribution in [3.63, 3.8) is 0 Å². The van der Waals surface area contributed by atoms with Crippen molar-refractivity contribution in [2.75, 3.05) is 17.7 Å². The Morgan fingerprint density at radius 1 is 0.885 bits per heavy atom. The fourth-order valence-corrected chi connectivity index (χ4v) is 2.07. The van der Waals surface area contributed by atoms with Crippen LogP contribution in [0.15, 0.2) is 42.5 Å². The normalized spacial score (nSPS) is 11.8. The van der Waals surface area contributed by atoms with Gasteiger partial charge in [0, 0.05) is 5.69 Å². The van der Waals surface area contributed by atoms with E-state index >= 15 is 0 Å². The number of benzene rings is 2. The third kappa shape index (κ3) is 4.80. The van der Waals surface area contributed by atoms with E-state index in [0.717, 1.165) is 36.4 Å². The average Bonchev–Trinajstić information content (AvgIpc) is 2.53. The number of guanidine groups is 1. The molecule has 0 aliphatic rings. The van der Waals surface area contributed by atoms with Crippen LogP contribution >= 0.6 is 0 Å². The lowest BCUT2D eigenvalue weighted by Crippen LogP contribution is -2.21. The molecule has 0 aromatic heterocycles. The third-order valence-electron chi connectivity index (χ3n) is 3.25. The van der Waals surface area contributed by atoms with E-state index in [-0.39, 0.29) is 17.1 Å². The Kier molecular flexibility index (Phi) is 5.33. The van der Waals surface area contributed by atoms with E-state index in [4.69, 9.17) is 10.1 Å². The molecule has 140 valence electrons. The second-order valence-electron chi connectivity index (χ2n) is 5.12. The van der Waals surface area contributed by atoms with Gasteiger partial charge in [-0.1, -0.05) is 6.07 Å². The zero-order chi connectivity index (χ0) is 19.5. The predicted octanol–water partition coefficient (Wildman–Crippen LogP) is 5.19.